The fourth-order valence-electron chi connectivity index (χ4n) is 2.49. The molecule has 0 unspecified atom stereocenters. The van der Waals surface area contributed by atoms with Gasteiger partial charge in [0.15, 0.2) is 5.89 Å². The van der Waals surface area contributed by atoms with Crippen molar-refractivity contribution in [2.75, 3.05) is 26.7 Å². The minimum atomic E-state index is 0.585. The molecule has 1 saturated heterocycles. The van der Waals surface area contributed by atoms with Crippen LogP contribution in [0.1, 0.15) is 42.5 Å². The van der Waals surface area contributed by atoms with Gasteiger partial charge in [-0.1, -0.05) is 0 Å². The molecule has 17 heavy (non-hydrogen) atoms. The van der Waals surface area contributed by atoms with E-state index in [4.69, 9.17) is 10.2 Å². The lowest BCUT2D eigenvalue weighted by molar-refractivity contribution is 0.252. The SMILES string of the molecule is Cc1oc(CCCN)nc1C1CCN(C)CC1. The highest BCUT2D eigenvalue weighted by atomic mass is 16.4. The normalized spacial score (nSPS) is 18.8. The smallest absolute Gasteiger partial charge is 0.194 e. The molecular formula is C13H23N3O. The summed E-state index contributed by atoms with van der Waals surface area (Å²) in [4.78, 5) is 7.03. The Hall–Kier alpha value is -0.870. The molecule has 1 aromatic rings. The average molecular weight is 237 g/mol. The highest BCUT2D eigenvalue weighted by molar-refractivity contribution is 5.15. The number of nitrogens with two attached hydrogens (primary N) is 1. The molecule has 2 heterocycles. The highest BCUT2D eigenvalue weighted by Crippen LogP contribution is 2.29. The summed E-state index contributed by atoms with van der Waals surface area (Å²) < 4.78 is 5.72. The van der Waals surface area contributed by atoms with E-state index in [0.717, 1.165) is 37.6 Å². The van der Waals surface area contributed by atoms with Gasteiger partial charge in [0.2, 0.25) is 0 Å². The monoisotopic (exact) mass is 237 g/mol. The molecule has 0 amide bonds. The fourth-order valence-corrected chi connectivity index (χ4v) is 2.49. The topological polar surface area (TPSA) is 55.3 Å². The maximum absolute atomic E-state index is 5.72. The van der Waals surface area contributed by atoms with E-state index >= 15 is 0 Å². The minimum absolute atomic E-state index is 0.585. The van der Waals surface area contributed by atoms with Crippen molar-refractivity contribution in [2.45, 2.75) is 38.5 Å². The van der Waals surface area contributed by atoms with Crippen molar-refractivity contribution < 1.29 is 4.42 Å². The highest BCUT2D eigenvalue weighted by Gasteiger charge is 2.23. The Bertz CT molecular complexity index is 354. The van der Waals surface area contributed by atoms with Crippen LogP contribution in [0.2, 0.25) is 0 Å². The molecular weight excluding hydrogens is 214 g/mol. The molecule has 0 aliphatic carbocycles. The Labute approximate surface area is 103 Å². The molecule has 0 atom stereocenters. The summed E-state index contributed by atoms with van der Waals surface area (Å²) in [6.07, 6.45) is 4.21. The van der Waals surface area contributed by atoms with Gasteiger partial charge in [0.05, 0.1) is 5.69 Å². The van der Waals surface area contributed by atoms with Crippen molar-refractivity contribution in [2.24, 2.45) is 5.73 Å². The number of likely N-dealkylation sites (tertiary alicyclic amines) is 1. The van der Waals surface area contributed by atoms with Crippen molar-refractivity contribution >= 4 is 0 Å². The second-order valence-electron chi connectivity index (χ2n) is 5.02. The van der Waals surface area contributed by atoms with Crippen LogP contribution in [-0.4, -0.2) is 36.6 Å². The van der Waals surface area contributed by atoms with Gasteiger partial charge in [-0.25, -0.2) is 4.98 Å². The first-order valence-electron chi connectivity index (χ1n) is 6.55. The first kappa shape index (κ1) is 12.6. The van der Waals surface area contributed by atoms with E-state index < -0.39 is 0 Å². The number of hydrogen-bond donors (Lipinski definition) is 1. The lowest BCUT2D eigenvalue weighted by Gasteiger charge is -2.27. The van der Waals surface area contributed by atoms with Gasteiger partial charge in [-0.2, -0.15) is 0 Å². The summed E-state index contributed by atoms with van der Waals surface area (Å²) >= 11 is 0. The van der Waals surface area contributed by atoms with Crippen molar-refractivity contribution in [3.05, 3.63) is 17.3 Å². The third-order valence-electron chi connectivity index (χ3n) is 3.58. The van der Waals surface area contributed by atoms with E-state index in [0.29, 0.717) is 12.5 Å². The summed E-state index contributed by atoms with van der Waals surface area (Å²) in [7, 11) is 2.18. The van der Waals surface area contributed by atoms with E-state index in [1.807, 2.05) is 6.92 Å². The Balaban J connectivity index is 2.02. The lowest BCUT2D eigenvalue weighted by Crippen LogP contribution is -2.29. The molecule has 1 aliphatic heterocycles. The molecule has 96 valence electrons. The van der Waals surface area contributed by atoms with Crippen LogP contribution in [0, 0.1) is 6.92 Å². The second kappa shape index (κ2) is 5.65. The summed E-state index contributed by atoms with van der Waals surface area (Å²) in [6.45, 7) is 5.06. The van der Waals surface area contributed by atoms with Crippen LogP contribution in [0.15, 0.2) is 4.42 Å². The first-order valence-corrected chi connectivity index (χ1v) is 6.55. The molecule has 0 saturated carbocycles. The van der Waals surface area contributed by atoms with Gasteiger partial charge in [-0.15, -0.1) is 0 Å². The van der Waals surface area contributed by atoms with Crippen molar-refractivity contribution in [3.63, 3.8) is 0 Å². The van der Waals surface area contributed by atoms with Crippen LogP contribution >= 0.6 is 0 Å². The van der Waals surface area contributed by atoms with Crippen LogP contribution in [0.4, 0.5) is 0 Å². The van der Waals surface area contributed by atoms with E-state index in [9.17, 15) is 0 Å². The van der Waals surface area contributed by atoms with Gasteiger partial charge < -0.3 is 15.1 Å². The van der Waals surface area contributed by atoms with Crippen LogP contribution in [-0.2, 0) is 6.42 Å². The molecule has 1 aliphatic rings. The predicted molar refractivity (Wildman–Crippen MR) is 68.1 cm³/mol. The second-order valence-corrected chi connectivity index (χ2v) is 5.02. The molecule has 2 rings (SSSR count). The Morgan fingerprint density at radius 3 is 2.76 bits per heavy atom. The van der Waals surface area contributed by atoms with Crippen LogP contribution in [0.5, 0.6) is 0 Å². The summed E-state index contributed by atoms with van der Waals surface area (Å²) in [5.41, 5.74) is 6.69. The zero-order valence-corrected chi connectivity index (χ0v) is 10.9. The van der Waals surface area contributed by atoms with Gasteiger partial charge in [0.1, 0.15) is 5.76 Å². The van der Waals surface area contributed by atoms with Crippen molar-refractivity contribution in [3.8, 4) is 0 Å². The zero-order chi connectivity index (χ0) is 12.3. The fraction of sp³-hybridized carbons (Fsp3) is 0.769. The molecule has 1 fully saturated rings. The Kier molecular flexibility index (Phi) is 4.18. The van der Waals surface area contributed by atoms with Gasteiger partial charge in [0.25, 0.3) is 0 Å². The molecule has 0 radical (unpaired) electrons. The van der Waals surface area contributed by atoms with Crippen LogP contribution in [0.3, 0.4) is 0 Å². The number of rotatable bonds is 4. The van der Waals surface area contributed by atoms with E-state index in [1.165, 1.54) is 18.5 Å². The number of aryl methyl sites for hydroxylation is 2. The van der Waals surface area contributed by atoms with Crippen molar-refractivity contribution in [1.29, 1.82) is 0 Å². The third kappa shape index (κ3) is 3.07. The molecule has 4 heteroatoms. The van der Waals surface area contributed by atoms with Gasteiger partial charge in [-0.3, -0.25) is 0 Å². The minimum Gasteiger partial charge on any atom is -0.446 e. The number of oxazole rings is 1. The number of piperidine rings is 1. The molecule has 4 nitrogen and oxygen atoms in total. The van der Waals surface area contributed by atoms with Crippen molar-refractivity contribution in [1.82, 2.24) is 9.88 Å². The van der Waals surface area contributed by atoms with Crippen LogP contribution in [0.25, 0.3) is 0 Å². The number of nitrogens with zero attached hydrogens (tertiary/aromatic N) is 2. The Morgan fingerprint density at radius 2 is 2.12 bits per heavy atom. The number of hydrogen-bond acceptors (Lipinski definition) is 4. The largest absolute Gasteiger partial charge is 0.446 e. The predicted octanol–water partition coefficient (Wildman–Crippen LogP) is 1.68. The maximum Gasteiger partial charge on any atom is 0.194 e. The molecule has 1 aromatic heterocycles. The average Bonchev–Trinajstić information content (AvgIpc) is 2.69. The summed E-state index contributed by atoms with van der Waals surface area (Å²) in [5.74, 6) is 2.45. The molecule has 0 aromatic carbocycles. The standard InChI is InChI=1S/C13H23N3O/c1-10-13(11-5-8-16(2)9-6-11)15-12(17-10)4-3-7-14/h11H,3-9,14H2,1-2H3. The van der Waals surface area contributed by atoms with Gasteiger partial charge in [-0.05, 0) is 52.9 Å². The first-order chi connectivity index (χ1) is 8.20. The third-order valence-corrected chi connectivity index (χ3v) is 3.58. The van der Waals surface area contributed by atoms with E-state index in [2.05, 4.69) is 16.9 Å². The Morgan fingerprint density at radius 1 is 1.41 bits per heavy atom. The van der Waals surface area contributed by atoms with Gasteiger partial charge >= 0.3 is 0 Å². The molecule has 0 bridgehead atoms. The van der Waals surface area contributed by atoms with E-state index in [-0.39, 0.29) is 0 Å². The summed E-state index contributed by atoms with van der Waals surface area (Å²) in [5, 5.41) is 0. The van der Waals surface area contributed by atoms with Gasteiger partial charge in [0, 0.05) is 12.3 Å². The maximum atomic E-state index is 5.72. The quantitative estimate of drug-likeness (QED) is 0.865. The van der Waals surface area contributed by atoms with E-state index in [1.54, 1.807) is 0 Å². The number of aromatic nitrogens is 1. The molecule has 2 N–H and O–H groups in total. The summed E-state index contributed by atoms with van der Waals surface area (Å²) in [6, 6.07) is 0. The molecule has 0 spiro atoms. The zero-order valence-electron chi connectivity index (χ0n) is 10.9. The lowest BCUT2D eigenvalue weighted by atomic mass is 9.93. The van der Waals surface area contributed by atoms with Crippen LogP contribution < -0.4 is 5.73 Å².